The number of thioether (sulfide) groups is 2. The first-order valence-corrected chi connectivity index (χ1v) is 22.0. The normalized spacial score (nSPS) is 27.1. The first kappa shape index (κ1) is 40.6. The zero-order valence-electron chi connectivity index (χ0n) is 31.9. The monoisotopic (exact) mass is 778 g/mol. The molecule has 0 saturated carbocycles. The highest BCUT2D eigenvalue weighted by Crippen LogP contribution is 2.36. The van der Waals surface area contributed by atoms with E-state index in [-0.39, 0.29) is 46.5 Å². The lowest BCUT2D eigenvalue weighted by Crippen LogP contribution is -2.57. The van der Waals surface area contributed by atoms with Crippen molar-refractivity contribution >= 4 is 47.2 Å². The van der Waals surface area contributed by atoms with E-state index in [2.05, 4.69) is 10.6 Å². The molecule has 0 unspecified atom stereocenters. The number of ether oxygens (including phenoxy) is 2. The van der Waals surface area contributed by atoms with Crippen molar-refractivity contribution in [2.75, 3.05) is 38.9 Å². The van der Waals surface area contributed by atoms with Crippen LogP contribution in [0.15, 0.2) is 60.7 Å². The minimum absolute atomic E-state index is 0.00854. The Morgan fingerprint density at radius 3 is 1.44 bits per heavy atom. The van der Waals surface area contributed by atoms with Gasteiger partial charge in [0, 0.05) is 26.1 Å². The van der Waals surface area contributed by atoms with E-state index in [1.54, 1.807) is 37.7 Å². The molecule has 4 amide bonds. The van der Waals surface area contributed by atoms with Crippen molar-refractivity contribution in [2.45, 2.75) is 112 Å². The Labute approximate surface area is 329 Å². The number of fused-ring (bicyclic) bond motifs is 2. The van der Waals surface area contributed by atoms with Crippen LogP contribution in [-0.4, -0.2) is 107 Å². The second-order valence-electron chi connectivity index (χ2n) is 15.3. The molecule has 4 aliphatic heterocycles. The summed E-state index contributed by atoms with van der Waals surface area (Å²) in [7, 11) is 3.35. The first-order valence-electron chi connectivity index (χ1n) is 19.9. The second-order valence-corrected chi connectivity index (χ2v) is 17.8. The fraction of sp³-hybridized carbons (Fsp3) is 0.619. The number of nitrogens with one attached hydrogen (secondary N) is 2. The summed E-state index contributed by atoms with van der Waals surface area (Å²) in [5.41, 5.74) is 2.06. The van der Waals surface area contributed by atoms with Crippen molar-refractivity contribution in [3.63, 3.8) is 0 Å². The maximum atomic E-state index is 14.3. The van der Waals surface area contributed by atoms with Crippen LogP contribution in [0, 0.1) is 11.8 Å². The molecule has 0 bridgehead atoms. The Balaban J connectivity index is 1.19. The van der Waals surface area contributed by atoms with Crippen LogP contribution in [-0.2, 0) is 41.5 Å². The summed E-state index contributed by atoms with van der Waals surface area (Å²) in [6.45, 7) is 0.977. The maximum Gasteiger partial charge on any atom is 0.246 e. The topological polar surface area (TPSA) is 117 Å². The number of carbonyl (C=O) groups is 4. The van der Waals surface area contributed by atoms with E-state index < -0.39 is 23.9 Å². The summed E-state index contributed by atoms with van der Waals surface area (Å²) >= 11 is 3.61. The van der Waals surface area contributed by atoms with E-state index in [0.717, 1.165) is 61.2 Å². The molecule has 2 aromatic carbocycles. The highest BCUT2D eigenvalue weighted by Gasteiger charge is 2.42. The van der Waals surface area contributed by atoms with E-state index in [1.807, 2.05) is 70.5 Å². The number of benzene rings is 2. The molecule has 6 rings (SSSR count). The van der Waals surface area contributed by atoms with Gasteiger partial charge in [-0.15, -0.1) is 23.5 Å². The Morgan fingerprint density at radius 2 is 1.06 bits per heavy atom. The maximum absolute atomic E-state index is 14.3. The lowest BCUT2D eigenvalue weighted by atomic mass is 9.86. The summed E-state index contributed by atoms with van der Waals surface area (Å²) in [4.78, 5) is 60.8. The highest BCUT2D eigenvalue weighted by molar-refractivity contribution is 8.00. The highest BCUT2D eigenvalue weighted by atomic mass is 32.2. The SMILES string of the molecule is COC[C@@H]1CCC[C@@H]2SCC[C@H](NC(=O)[C@H](CC[C@H](Cc3ccccc3)C(=O)N[C@H]3CCS[C@H]4CCC[C@@H](COC)N4C3=O)Cc3ccccc3)C(=O)N12. The molecule has 294 valence electrons. The lowest BCUT2D eigenvalue weighted by molar-refractivity contribution is -0.142. The summed E-state index contributed by atoms with van der Waals surface area (Å²) < 4.78 is 11.0. The smallest absolute Gasteiger partial charge is 0.246 e. The van der Waals surface area contributed by atoms with Gasteiger partial charge in [0.1, 0.15) is 12.1 Å². The third-order valence-corrected chi connectivity index (χ3v) is 14.2. The van der Waals surface area contributed by atoms with Crippen molar-refractivity contribution in [1.82, 2.24) is 20.4 Å². The van der Waals surface area contributed by atoms with E-state index in [9.17, 15) is 19.2 Å². The molecule has 2 aromatic rings. The molecule has 0 radical (unpaired) electrons. The van der Waals surface area contributed by atoms with Gasteiger partial charge in [0.2, 0.25) is 23.6 Å². The van der Waals surface area contributed by atoms with E-state index >= 15 is 0 Å². The quantitative estimate of drug-likeness (QED) is 0.246. The standard InChI is InChI=1S/C42H58N4O6S2/c1-51-27-33-15-9-17-37-45(33)41(49)35(21-23-53-37)43-39(47)31(25-29-11-5-3-6-12-29)19-20-32(26-30-13-7-4-8-14-30)40(48)44-36-22-24-54-38-18-10-16-34(28-52-2)46(38)42(36)50/h3-8,11-14,31-38H,9-10,15-28H2,1-2H3,(H,43,47)(H,44,48)/t31-,32-,33+,34+,35+,36+,37+,38+/m1/s1. The van der Waals surface area contributed by atoms with Crippen LogP contribution >= 0.6 is 23.5 Å². The molecule has 8 atom stereocenters. The number of nitrogens with zero attached hydrogens (tertiary/aromatic N) is 2. The molecular formula is C42H58N4O6S2. The van der Waals surface area contributed by atoms with Gasteiger partial charge in [-0.1, -0.05) is 60.7 Å². The minimum atomic E-state index is -0.603. The third kappa shape index (κ3) is 10.4. The van der Waals surface area contributed by atoms with Crippen molar-refractivity contribution in [1.29, 1.82) is 0 Å². The van der Waals surface area contributed by atoms with Crippen molar-refractivity contribution < 1.29 is 28.7 Å². The fourth-order valence-electron chi connectivity index (χ4n) is 8.71. The molecule has 54 heavy (non-hydrogen) atoms. The van der Waals surface area contributed by atoms with Gasteiger partial charge in [0.15, 0.2) is 0 Å². The molecule has 4 fully saturated rings. The number of methoxy groups -OCH3 is 2. The predicted octanol–water partition coefficient (Wildman–Crippen LogP) is 5.44. The molecule has 4 aliphatic rings. The van der Waals surface area contributed by atoms with Gasteiger partial charge in [-0.25, -0.2) is 0 Å². The zero-order valence-corrected chi connectivity index (χ0v) is 33.5. The number of rotatable bonds is 15. The van der Waals surface area contributed by atoms with Crippen LogP contribution in [0.25, 0.3) is 0 Å². The Morgan fingerprint density at radius 1 is 0.648 bits per heavy atom. The summed E-state index contributed by atoms with van der Waals surface area (Å²) in [5, 5.41) is 6.61. The summed E-state index contributed by atoms with van der Waals surface area (Å²) in [6, 6.07) is 18.7. The number of carbonyl (C=O) groups excluding carboxylic acids is 4. The molecule has 10 nitrogen and oxygen atoms in total. The average Bonchev–Trinajstić information content (AvgIpc) is 3.44. The molecule has 12 heteroatoms. The Kier molecular flexibility index (Phi) is 15.2. The molecule has 4 saturated heterocycles. The van der Waals surface area contributed by atoms with Crippen molar-refractivity contribution in [3.05, 3.63) is 71.8 Å². The lowest BCUT2D eigenvalue weighted by Gasteiger charge is -2.41. The number of amides is 4. The van der Waals surface area contributed by atoms with E-state index in [4.69, 9.17) is 9.47 Å². The molecule has 0 spiro atoms. The molecule has 2 N–H and O–H groups in total. The van der Waals surface area contributed by atoms with Gasteiger partial charge in [0.05, 0.1) is 36.0 Å². The second kappa shape index (κ2) is 20.2. The Bertz CT molecular complexity index is 1420. The minimum Gasteiger partial charge on any atom is -0.383 e. The number of hydrogen-bond donors (Lipinski definition) is 2. The largest absolute Gasteiger partial charge is 0.383 e. The van der Waals surface area contributed by atoms with Gasteiger partial charge in [-0.2, -0.15) is 0 Å². The van der Waals surface area contributed by atoms with Gasteiger partial charge < -0.3 is 29.9 Å². The number of hydrogen-bond acceptors (Lipinski definition) is 8. The number of piperidine rings is 2. The van der Waals surface area contributed by atoms with Gasteiger partial charge >= 0.3 is 0 Å². The van der Waals surface area contributed by atoms with Crippen LogP contribution in [0.1, 0.15) is 75.3 Å². The molecular weight excluding hydrogens is 721 g/mol. The van der Waals surface area contributed by atoms with Gasteiger partial charge in [-0.3, -0.25) is 19.2 Å². The molecule has 0 aliphatic carbocycles. The summed E-state index contributed by atoms with van der Waals surface area (Å²) in [6.07, 6.45) is 8.89. The summed E-state index contributed by atoms with van der Waals surface area (Å²) in [5.74, 6) is 0.339. The van der Waals surface area contributed by atoms with Crippen molar-refractivity contribution in [2.24, 2.45) is 11.8 Å². The van der Waals surface area contributed by atoms with Crippen LogP contribution in [0.2, 0.25) is 0 Å². The van der Waals surface area contributed by atoms with Crippen molar-refractivity contribution in [3.8, 4) is 0 Å². The van der Waals surface area contributed by atoms with E-state index in [0.29, 0.717) is 51.7 Å². The molecule has 4 heterocycles. The van der Waals surface area contributed by atoms with Crippen LogP contribution in [0.5, 0.6) is 0 Å². The van der Waals surface area contributed by atoms with Crippen LogP contribution < -0.4 is 10.6 Å². The van der Waals surface area contributed by atoms with Crippen LogP contribution in [0.3, 0.4) is 0 Å². The third-order valence-electron chi connectivity index (χ3n) is 11.5. The molecule has 0 aromatic heterocycles. The van der Waals surface area contributed by atoms with Crippen LogP contribution in [0.4, 0.5) is 0 Å². The zero-order chi connectivity index (χ0) is 37.9. The van der Waals surface area contributed by atoms with Gasteiger partial charge in [-0.05, 0) is 99.7 Å². The Hall–Kier alpha value is -3.06. The van der Waals surface area contributed by atoms with Gasteiger partial charge in [0.25, 0.3) is 0 Å². The van der Waals surface area contributed by atoms with E-state index in [1.165, 1.54) is 0 Å². The fourth-order valence-corrected chi connectivity index (χ4v) is 11.5. The predicted molar refractivity (Wildman–Crippen MR) is 215 cm³/mol. The first-order chi connectivity index (χ1) is 26.4. The average molecular weight is 779 g/mol.